The lowest BCUT2D eigenvalue weighted by Crippen LogP contribution is -2.51. The summed E-state index contributed by atoms with van der Waals surface area (Å²) in [6, 6.07) is 0. The molecule has 0 aromatic carbocycles. The predicted molar refractivity (Wildman–Crippen MR) is 72.0 cm³/mol. The van der Waals surface area contributed by atoms with Crippen molar-refractivity contribution in [3.63, 3.8) is 0 Å². The van der Waals surface area contributed by atoms with E-state index in [1.54, 1.807) is 0 Å². The van der Waals surface area contributed by atoms with Crippen molar-refractivity contribution in [2.75, 3.05) is 19.8 Å². The van der Waals surface area contributed by atoms with Gasteiger partial charge in [-0.3, -0.25) is 0 Å². The molecule has 1 fully saturated rings. The predicted octanol–water partition coefficient (Wildman–Crippen LogP) is 3.62. The summed E-state index contributed by atoms with van der Waals surface area (Å²) in [6.07, 6.45) is 4.97. The van der Waals surface area contributed by atoms with Gasteiger partial charge in [-0.25, -0.2) is 0 Å². The molecule has 0 bridgehead atoms. The molecule has 0 N–H and O–H groups in total. The van der Waals surface area contributed by atoms with E-state index in [-0.39, 0.29) is 0 Å². The van der Waals surface area contributed by atoms with Crippen LogP contribution in [0.15, 0.2) is 0 Å². The molecule has 0 unspecified atom stereocenters. The summed E-state index contributed by atoms with van der Waals surface area (Å²) in [6.45, 7) is 10.5. The van der Waals surface area contributed by atoms with Crippen molar-refractivity contribution in [2.24, 2.45) is 5.92 Å². The minimum absolute atomic E-state index is 0.513. The van der Waals surface area contributed by atoms with Gasteiger partial charge in [-0.15, -0.1) is 0 Å². The Bertz CT molecular complexity index is 186. The summed E-state index contributed by atoms with van der Waals surface area (Å²) in [7, 11) is -2.42. The molecule has 0 aromatic rings. The van der Waals surface area contributed by atoms with Crippen LogP contribution in [0.3, 0.4) is 0 Å². The molecule has 1 aliphatic carbocycles. The van der Waals surface area contributed by atoms with E-state index in [9.17, 15) is 0 Å². The molecule has 1 aliphatic rings. The van der Waals surface area contributed by atoms with Gasteiger partial charge in [0.1, 0.15) is 0 Å². The fraction of sp³-hybridized carbons (Fsp3) is 1.00. The molecule has 0 atom stereocenters. The van der Waals surface area contributed by atoms with E-state index in [0.29, 0.717) is 25.4 Å². The summed E-state index contributed by atoms with van der Waals surface area (Å²) in [5.74, 6) is 0.850. The third-order valence-corrected chi connectivity index (χ3v) is 7.20. The van der Waals surface area contributed by atoms with Gasteiger partial charge in [0.2, 0.25) is 0 Å². The van der Waals surface area contributed by atoms with Crippen molar-refractivity contribution >= 4 is 8.80 Å². The van der Waals surface area contributed by atoms with E-state index in [1.165, 1.54) is 25.7 Å². The Labute approximate surface area is 107 Å². The monoisotopic (exact) mass is 260 g/mol. The van der Waals surface area contributed by atoms with Crippen LogP contribution in [0.1, 0.15) is 53.4 Å². The summed E-state index contributed by atoms with van der Waals surface area (Å²) < 4.78 is 17.9. The quantitative estimate of drug-likeness (QED) is 0.654. The molecule has 4 heteroatoms. The molecule has 17 heavy (non-hydrogen) atoms. The average Bonchev–Trinajstić information content (AvgIpc) is 2.30. The first-order valence-electron chi connectivity index (χ1n) is 7.10. The molecule has 0 saturated heterocycles. The summed E-state index contributed by atoms with van der Waals surface area (Å²) in [5.41, 5.74) is 0.513. The second-order valence-electron chi connectivity index (χ2n) is 4.86. The highest BCUT2D eigenvalue weighted by atomic mass is 28.4. The van der Waals surface area contributed by atoms with Crippen LogP contribution in [0, 0.1) is 5.92 Å². The van der Waals surface area contributed by atoms with Crippen LogP contribution in [0.4, 0.5) is 0 Å². The molecule has 0 spiro atoms. The zero-order valence-corrected chi connectivity index (χ0v) is 12.8. The lowest BCUT2D eigenvalue weighted by molar-refractivity contribution is 0.0543. The summed E-state index contributed by atoms with van der Waals surface area (Å²) in [5, 5.41) is 0. The Morgan fingerprint density at radius 3 is 1.59 bits per heavy atom. The maximum atomic E-state index is 5.98. The first kappa shape index (κ1) is 15.2. The highest BCUT2D eigenvalue weighted by Gasteiger charge is 2.49. The smallest absolute Gasteiger partial charge is 0.374 e. The van der Waals surface area contributed by atoms with Crippen molar-refractivity contribution in [1.82, 2.24) is 0 Å². The standard InChI is InChI=1S/C13H28O3Si/c1-5-14-17(15-6-2,16-7-3)13-10-8-12(4)9-11-13/h12-13H,5-11H2,1-4H3. The molecule has 0 aromatic heterocycles. The van der Waals surface area contributed by atoms with E-state index in [1.807, 2.05) is 20.8 Å². The van der Waals surface area contributed by atoms with Crippen LogP contribution in [-0.4, -0.2) is 28.6 Å². The Balaban J connectivity index is 2.71. The van der Waals surface area contributed by atoms with Crippen LogP contribution >= 0.6 is 0 Å². The van der Waals surface area contributed by atoms with E-state index < -0.39 is 8.80 Å². The van der Waals surface area contributed by atoms with E-state index in [4.69, 9.17) is 13.3 Å². The Morgan fingerprint density at radius 2 is 1.24 bits per heavy atom. The number of hydrogen-bond acceptors (Lipinski definition) is 3. The minimum atomic E-state index is -2.42. The molecular weight excluding hydrogens is 232 g/mol. The lowest BCUT2D eigenvalue weighted by Gasteiger charge is -2.38. The van der Waals surface area contributed by atoms with Crippen molar-refractivity contribution in [1.29, 1.82) is 0 Å². The molecule has 3 nitrogen and oxygen atoms in total. The van der Waals surface area contributed by atoms with E-state index in [0.717, 1.165) is 5.92 Å². The van der Waals surface area contributed by atoms with Gasteiger partial charge < -0.3 is 13.3 Å². The van der Waals surface area contributed by atoms with Crippen LogP contribution in [0.25, 0.3) is 0 Å². The SMILES string of the molecule is CCO[Si](OCC)(OCC)C1CCC(C)CC1. The molecule has 0 aliphatic heterocycles. The third-order valence-electron chi connectivity index (χ3n) is 3.55. The van der Waals surface area contributed by atoms with Crippen molar-refractivity contribution < 1.29 is 13.3 Å². The van der Waals surface area contributed by atoms with Crippen molar-refractivity contribution in [3.8, 4) is 0 Å². The Kier molecular flexibility index (Phi) is 6.70. The first-order chi connectivity index (χ1) is 8.18. The maximum Gasteiger partial charge on any atom is 0.504 e. The molecule has 0 amide bonds. The second kappa shape index (κ2) is 7.51. The van der Waals surface area contributed by atoms with Crippen LogP contribution < -0.4 is 0 Å². The zero-order valence-electron chi connectivity index (χ0n) is 11.8. The molecule has 102 valence electrons. The van der Waals surface area contributed by atoms with Crippen LogP contribution in [0.2, 0.25) is 5.54 Å². The van der Waals surface area contributed by atoms with E-state index in [2.05, 4.69) is 6.92 Å². The fourth-order valence-corrected chi connectivity index (χ4v) is 5.90. The maximum absolute atomic E-state index is 5.98. The third kappa shape index (κ3) is 4.05. The van der Waals surface area contributed by atoms with Crippen LogP contribution in [0.5, 0.6) is 0 Å². The largest absolute Gasteiger partial charge is 0.504 e. The molecule has 0 radical (unpaired) electrons. The lowest BCUT2D eigenvalue weighted by atomic mass is 9.90. The molecule has 1 saturated carbocycles. The minimum Gasteiger partial charge on any atom is -0.374 e. The molecular formula is C13H28O3Si. The Morgan fingerprint density at radius 1 is 0.824 bits per heavy atom. The number of hydrogen-bond donors (Lipinski definition) is 0. The number of rotatable bonds is 7. The highest BCUT2D eigenvalue weighted by Crippen LogP contribution is 2.40. The summed E-state index contributed by atoms with van der Waals surface area (Å²) in [4.78, 5) is 0. The van der Waals surface area contributed by atoms with Gasteiger partial charge in [-0.05, 0) is 39.5 Å². The van der Waals surface area contributed by atoms with Gasteiger partial charge >= 0.3 is 8.80 Å². The van der Waals surface area contributed by atoms with Gasteiger partial charge in [0.25, 0.3) is 0 Å². The molecule has 1 rings (SSSR count). The van der Waals surface area contributed by atoms with Gasteiger partial charge in [0, 0.05) is 25.4 Å². The Hall–Kier alpha value is 0.0969. The van der Waals surface area contributed by atoms with Crippen LogP contribution in [-0.2, 0) is 13.3 Å². The first-order valence-corrected chi connectivity index (χ1v) is 8.90. The zero-order chi connectivity index (χ0) is 12.7. The van der Waals surface area contributed by atoms with Gasteiger partial charge in [0.05, 0.1) is 0 Å². The van der Waals surface area contributed by atoms with Gasteiger partial charge in [0.15, 0.2) is 0 Å². The van der Waals surface area contributed by atoms with Crippen molar-refractivity contribution in [3.05, 3.63) is 0 Å². The van der Waals surface area contributed by atoms with E-state index >= 15 is 0 Å². The fourth-order valence-electron chi connectivity index (χ4n) is 2.70. The average molecular weight is 260 g/mol. The normalized spacial score (nSPS) is 26.1. The highest BCUT2D eigenvalue weighted by molar-refractivity contribution is 6.62. The van der Waals surface area contributed by atoms with Crippen molar-refractivity contribution in [2.45, 2.75) is 58.9 Å². The summed E-state index contributed by atoms with van der Waals surface area (Å²) >= 11 is 0. The van der Waals surface area contributed by atoms with Gasteiger partial charge in [-0.2, -0.15) is 0 Å². The van der Waals surface area contributed by atoms with Gasteiger partial charge in [-0.1, -0.05) is 19.8 Å². The molecule has 0 heterocycles. The topological polar surface area (TPSA) is 27.7 Å². The second-order valence-corrected chi connectivity index (χ2v) is 7.75.